The van der Waals surface area contributed by atoms with E-state index in [1.807, 2.05) is 44.2 Å². The van der Waals surface area contributed by atoms with Crippen LogP contribution in [0, 0.1) is 5.92 Å². The van der Waals surface area contributed by atoms with Crippen molar-refractivity contribution in [2.24, 2.45) is 5.92 Å². The summed E-state index contributed by atoms with van der Waals surface area (Å²) >= 11 is 1.49. The first-order valence-corrected chi connectivity index (χ1v) is 7.05. The number of benzene rings is 1. The normalized spacial score (nSPS) is 36.6. The average molecular weight is 270 g/mol. The van der Waals surface area contributed by atoms with Crippen LogP contribution in [0.1, 0.15) is 13.8 Å². The molecule has 2 rings (SSSR count). The van der Waals surface area contributed by atoms with Crippen molar-refractivity contribution >= 4 is 11.8 Å². The van der Waals surface area contributed by atoms with E-state index in [1.165, 1.54) is 11.8 Å². The second-order valence-electron chi connectivity index (χ2n) is 4.65. The number of hydrogen-bond donors (Lipinski definition) is 0. The highest BCUT2D eigenvalue weighted by molar-refractivity contribution is 8.00. The third-order valence-electron chi connectivity index (χ3n) is 3.47. The van der Waals surface area contributed by atoms with E-state index < -0.39 is 6.36 Å². The Morgan fingerprint density at radius 1 is 1.22 bits per heavy atom. The first-order valence-electron chi connectivity index (χ1n) is 6.17. The minimum atomic E-state index is -1.29. The summed E-state index contributed by atoms with van der Waals surface area (Å²) in [6.07, 6.45) is -1.53. The fraction of sp³-hybridized carbons (Fsp3) is 0.571. The van der Waals surface area contributed by atoms with Crippen LogP contribution in [0.4, 0.5) is 4.39 Å². The summed E-state index contributed by atoms with van der Waals surface area (Å²) in [7, 11) is 1.64. The standard InChI is InChI=1S/C14H19FO2S/c1-9-10(2)17-14(15)13(12(9)16-3)18-11-7-5-4-6-8-11/h4-10,12-14H,1-3H3. The summed E-state index contributed by atoms with van der Waals surface area (Å²) in [5.41, 5.74) is 0. The maximum atomic E-state index is 14.1. The van der Waals surface area contributed by atoms with E-state index in [-0.39, 0.29) is 23.4 Å². The van der Waals surface area contributed by atoms with Crippen molar-refractivity contribution in [1.29, 1.82) is 0 Å². The lowest BCUT2D eigenvalue weighted by atomic mass is 9.93. The van der Waals surface area contributed by atoms with E-state index in [9.17, 15) is 4.39 Å². The fourth-order valence-corrected chi connectivity index (χ4v) is 3.54. The molecule has 0 bridgehead atoms. The molecule has 0 spiro atoms. The maximum absolute atomic E-state index is 14.1. The largest absolute Gasteiger partial charge is 0.380 e. The number of ether oxygens (including phenoxy) is 2. The van der Waals surface area contributed by atoms with Gasteiger partial charge in [0.15, 0.2) is 0 Å². The molecular weight excluding hydrogens is 251 g/mol. The molecule has 4 heteroatoms. The monoisotopic (exact) mass is 270 g/mol. The Morgan fingerprint density at radius 2 is 1.89 bits per heavy atom. The van der Waals surface area contributed by atoms with Gasteiger partial charge >= 0.3 is 0 Å². The third kappa shape index (κ3) is 2.87. The molecular formula is C14H19FO2S. The molecule has 5 unspecified atom stereocenters. The predicted molar refractivity (Wildman–Crippen MR) is 71.5 cm³/mol. The van der Waals surface area contributed by atoms with Crippen LogP contribution in [0.25, 0.3) is 0 Å². The van der Waals surface area contributed by atoms with Gasteiger partial charge in [0.05, 0.1) is 17.5 Å². The summed E-state index contributed by atoms with van der Waals surface area (Å²) in [5, 5.41) is -0.316. The van der Waals surface area contributed by atoms with Gasteiger partial charge < -0.3 is 9.47 Å². The zero-order valence-corrected chi connectivity index (χ0v) is 11.7. The van der Waals surface area contributed by atoms with Crippen LogP contribution >= 0.6 is 11.8 Å². The number of halogens is 1. The van der Waals surface area contributed by atoms with Crippen LogP contribution in [0.3, 0.4) is 0 Å². The van der Waals surface area contributed by atoms with Crippen LogP contribution < -0.4 is 0 Å². The quantitative estimate of drug-likeness (QED) is 0.837. The van der Waals surface area contributed by atoms with Gasteiger partial charge in [-0.1, -0.05) is 25.1 Å². The van der Waals surface area contributed by atoms with Gasteiger partial charge in [0.25, 0.3) is 0 Å². The van der Waals surface area contributed by atoms with Gasteiger partial charge in [-0.2, -0.15) is 0 Å². The van der Waals surface area contributed by atoms with Crippen LogP contribution in [0.2, 0.25) is 0 Å². The molecule has 1 heterocycles. The van der Waals surface area contributed by atoms with E-state index in [4.69, 9.17) is 9.47 Å². The molecule has 0 amide bonds. The number of rotatable bonds is 3. The van der Waals surface area contributed by atoms with Crippen LogP contribution in [0.15, 0.2) is 35.2 Å². The summed E-state index contributed by atoms with van der Waals surface area (Å²) in [4.78, 5) is 1.04. The minimum absolute atomic E-state index is 0.113. The Labute approximate surface area is 112 Å². The highest BCUT2D eigenvalue weighted by atomic mass is 32.2. The lowest BCUT2D eigenvalue weighted by Gasteiger charge is -2.40. The van der Waals surface area contributed by atoms with E-state index in [2.05, 4.69) is 0 Å². The summed E-state index contributed by atoms with van der Waals surface area (Å²) in [6, 6.07) is 9.81. The first kappa shape index (κ1) is 13.8. The van der Waals surface area contributed by atoms with Gasteiger partial charge in [-0.25, -0.2) is 4.39 Å². The second kappa shape index (κ2) is 6.04. The SMILES string of the molecule is COC1C(C)C(C)OC(F)C1Sc1ccccc1. The summed E-state index contributed by atoms with van der Waals surface area (Å²) in [6.45, 7) is 3.94. The Kier molecular flexibility index (Phi) is 4.65. The van der Waals surface area contributed by atoms with Crippen molar-refractivity contribution in [1.82, 2.24) is 0 Å². The molecule has 0 saturated carbocycles. The summed E-state index contributed by atoms with van der Waals surface area (Å²) in [5.74, 6) is 0.184. The zero-order chi connectivity index (χ0) is 13.1. The number of methoxy groups -OCH3 is 1. The third-order valence-corrected chi connectivity index (χ3v) is 4.77. The lowest BCUT2D eigenvalue weighted by Crippen LogP contribution is -2.50. The molecule has 0 aromatic heterocycles. The molecule has 18 heavy (non-hydrogen) atoms. The molecule has 0 N–H and O–H groups in total. The Bertz CT molecular complexity index is 373. The highest BCUT2D eigenvalue weighted by Gasteiger charge is 2.43. The molecule has 1 fully saturated rings. The van der Waals surface area contributed by atoms with E-state index >= 15 is 0 Å². The van der Waals surface area contributed by atoms with E-state index in [1.54, 1.807) is 7.11 Å². The van der Waals surface area contributed by atoms with Crippen LogP contribution in [0.5, 0.6) is 0 Å². The van der Waals surface area contributed by atoms with Gasteiger partial charge in [-0.3, -0.25) is 0 Å². The Hall–Kier alpha value is -0.580. The lowest BCUT2D eigenvalue weighted by molar-refractivity contribution is -0.172. The number of alkyl halides is 1. The van der Waals surface area contributed by atoms with Crippen molar-refractivity contribution in [3.63, 3.8) is 0 Å². The van der Waals surface area contributed by atoms with E-state index in [0.29, 0.717) is 0 Å². The molecule has 0 aliphatic carbocycles. The zero-order valence-electron chi connectivity index (χ0n) is 10.9. The van der Waals surface area contributed by atoms with Gasteiger partial charge in [0, 0.05) is 17.9 Å². The molecule has 1 saturated heterocycles. The Balaban J connectivity index is 2.14. The fourth-order valence-electron chi connectivity index (χ4n) is 2.25. The smallest absolute Gasteiger partial charge is 0.213 e. The number of hydrogen-bond acceptors (Lipinski definition) is 3. The molecule has 5 atom stereocenters. The second-order valence-corrected chi connectivity index (χ2v) is 5.90. The van der Waals surface area contributed by atoms with Gasteiger partial charge in [0.2, 0.25) is 6.36 Å². The maximum Gasteiger partial charge on any atom is 0.213 e. The number of thioether (sulfide) groups is 1. The predicted octanol–water partition coefficient (Wildman–Crippen LogP) is 3.51. The Morgan fingerprint density at radius 3 is 2.50 bits per heavy atom. The highest BCUT2D eigenvalue weighted by Crippen LogP contribution is 2.38. The topological polar surface area (TPSA) is 18.5 Å². The van der Waals surface area contributed by atoms with E-state index in [0.717, 1.165) is 4.90 Å². The van der Waals surface area contributed by atoms with Crippen molar-refractivity contribution < 1.29 is 13.9 Å². The molecule has 2 nitrogen and oxygen atoms in total. The van der Waals surface area contributed by atoms with Gasteiger partial charge in [-0.05, 0) is 19.1 Å². The molecule has 1 aliphatic heterocycles. The molecule has 1 aromatic rings. The van der Waals surface area contributed by atoms with Crippen LogP contribution in [-0.4, -0.2) is 30.9 Å². The average Bonchev–Trinajstić information content (AvgIpc) is 2.37. The van der Waals surface area contributed by atoms with Crippen LogP contribution in [-0.2, 0) is 9.47 Å². The molecule has 1 aliphatic rings. The van der Waals surface area contributed by atoms with Crippen molar-refractivity contribution in [3.8, 4) is 0 Å². The van der Waals surface area contributed by atoms with Crippen molar-refractivity contribution in [2.45, 2.75) is 42.6 Å². The van der Waals surface area contributed by atoms with Gasteiger partial charge in [-0.15, -0.1) is 11.8 Å². The minimum Gasteiger partial charge on any atom is -0.380 e. The molecule has 100 valence electrons. The first-order chi connectivity index (χ1) is 8.63. The van der Waals surface area contributed by atoms with Crippen molar-refractivity contribution in [3.05, 3.63) is 30.3 Å². The molecule has 1 aromatic carbocycles. The molecule has 0 radical (unpaired) electrons. The van der Waals surface area contributed by atoms with Crippen molar-refractivity contribution in [2.75, 3.05) is 7.11 Å². The van der Waals surface area contributed by atoms with Gasteiger partial charge in [0.1, 0.15) is 0 Å². The summed E-state index contributed by atoms with van der Waals surface area (Å²) < 4.78 is 24.9.